The first-order valence-electron chi connectivity index (χ1n) is 8.85. The van der Waals surface area contributed by atoms with Crippen LogP contribution >= 0.6 is 27.5 Å². The van der Waals surface area contributed by atoms with Crippen LogP contribution in [0.1, 0.15) is 19.1 Å². The number of hydrogen-bond donors (Lipinski definition) is 2. The molecule has 2 aromatic rings. The van der Waals surface area contributed by atoms with Crippen molar-refractivity contribution in [1.82, 2.24) is 15.8 Å². The molecule has 3 rings (SSSR count). The van der Waals surface area contributed by atoms with Gasteiger partial charge < -0.3 is 14.1 Å². The Morgan fingerprint density at radius 3 is 2.86 bits per heavy atom. The number of halogens is 2. The number of hydrogen-bond acceptors (Lipinski definition) is 5. The first kappa shape index (κ1) is 21.2. The van der Waals surface area contributed by atoms with Crippen LogP contribution in [0.5, 0.6) is 5.75 Å². The molecule has 0 bridgehead atoms. The summed E-state index contributed by atoms with van der Waals surface area (Å²) in [7, 11) is 0. The molecule has 10 heteroatoms. The van der Waals surface area contributed by atoms with Gasteiger partial charge in [-0.25, -0.2) is 0 Å². The predicted octanol–water partition coefficient (Wildman–Crippen LogP) is 2.66. The smallest absolute Gasteiger partial charge is 0.279 e. The largest absolute Gasteiger partial charge is 0.480 e. The van der Waals surface area contributed by atoms with Crippen LogP contribution in [0.25, 0.3) is 0 Å². The molecule has 8 nitrogen and oxygen atoms in total. The maximum absolute atomic E-state index is 12.3. The molecule has 1 aliphatic rings. The van der Waals surface area contributed by atoms with E-state index < -0.39 is 23.8 Å². The minimum absolute atomic E-state index is 0.0756. The topological polar surface area (TPSA) is 101 Å². The zero-order valence-corrected chi connectivity index (χ0v) is 17.8. The lowest BCUT2D eigenvalue weighted by molar-refractivity contribution is -0.134. The van der Waals surface area contributed by atoms with Crippen molar-refractivity contribution >= 4 is 45.3 Å². The second-order valence-corrected chi connectivity index (χ2v) is 7.86. The summed E-state index contributed by atoms with van der Waals surface area (Å²) in [5.74, 6) is -0.576. The van der Waals surface area contributed by atoms with Crippen LogP contribution in [-0.4, -0.2) is 35.3 Å². The maximum Gasteiger partial charge on any atom is 0.279 e. The number of carbonyl (C=O) groups is 3. The minimum Gasteiger partial charge on any atom is -0.480 e. The van der Waals surface area contributed by atoms with Gasteiger partial charge in [-0.3, -0.25) is 25.2 Å². The Kier molecular flexibility index (Phi) is 6.81. The molecule has 29 heavy (non-hydrogen) atoms. The highest BCUT2D eigenvalue weighted by Gasteiger charge is 2.35. The first-order valence-corrected chi connectivity index (χ1v) is 10.0. The van der Waals surface area contributed by atoms with E-state index in [9.17, 15) is 14.4 Å². The quantitative estimate of drug-likeness (QED) is 0.614. The maximum atomic E-state index is 12.3. The molecule has 1 aromatic heterocycles. The number of carbonyl (C=O) groups excluding carboxylic acids is 3. The number of furan rings is 1. The van der Waals surface area contributed by atoms with Crippen LogP contribution in [0, 0.1) is 5.92 Å². The SMILES string of the molecule is CC(Oc1ccc(Cl)cc1Br)C(=O)NNC(=O)C1CC(=O)N(Cc2ccco2)C1. The van der Waals surface area contributed by atoms with E-state index in [0.29, 0.717) is 27.5 Å². The summed E-state index contributed by atoms with van der Waals surface area (Å²) in [6.07, 6.45) is 0.738. The van der Waals surface area contributed by atoms with Gasteiger partial charge in [0.2, 0.25) is 11.8 Å². The number of nitrogens with one attached hydrogen (secondary N) is 2. The van der Waals surface area contributed by atoms with Gasteiger partial charge in [0.05, 0.1) is 23.2 Å². The van der Waals surface area contributed by atoms with Crippen LogP contribution < -0.4 is 15.6 Å². The molecule has 1 aliphatic heterocycles. The van der Waals surface area contributed by atoms with Gasteiger partial charge in [0, 0.05) is 18.0 Å². The van der Waals surface area contributed by atoms with Gasteiger partial charge in [0.25, 0.3) is 5.91 Å². The van der Waals surface area contributed by atoms with Crippen molar-refractivity contribution in [3.63, 3.8) is 0 Å². The Labute approximate surface area is 180 Å². The van der Waals surface area contributed by atoms with E-state index in [4.69, 9.17) is 20.8 Å². The zero-order valence-electron chi connectivity index (χ0n) is 15.5. The van der Waals surface area contributed by atoms with Gasteiger partial charge in [-0.05, 0) is 53.2 Å². The van der Waals surface area contributed by atoms with Crippen LogP contribution in [0.2, 0.25) is 5.02 Å². The molecule has 2 heterocycles. The monoisotopic (exact) mass is 483 g/mol. The molecule has 0 aliphatic carbocycles. The molecule has 0 radical (unpaired) electrons. The van der Waals surface area contributed by atoms with E-state index in [2.05, 4.69) is 26.8 Å². The van der Waals surface area contributed by atoms with E-state index in [1.807, 2.05) is 0 Å². The van der Waals surface area contributed by atoms with Gasteiger partial charge in [-0.2, -0.15) is 0 Å². The molecule has 1 saturated heterocycles. The van der Waals surface area contributed by atoms with Crippen molar-refractivity contribution in [2.45, 2.75) is 26.0 Å². The van der Waals surface area contributed by atoms with E-state index >= 15 is 0 Å². The highest BCUT2D eigenvalue weighted by molar-refractivity contribution is 9.10. The highest BCUT2D eigenvalue weighted by Crippen LogP contribution is 2.28. The number of ether oxygens (including phenoxy) is 1. The Morgan fingerprint density at radius 1 is 1.38 bits per heavy atom. The van der Waals surface area contributed by atoms with Crippen LogP contribution in [-0.2, 0) is 20.9 Å². The van der Waals surface area contributed by atoms with Crippen molar-refractivity contribution in [2.75, 3.05) is 6.54 Å². The minimum atomic E-state index is -0.867. The van der Waals surface area contributed by atoms with Gasteiger partial charge in [0.15, 0.2) is 6.10 Å². The molecule has 1 aromatic carbocycles. The number of likely N-dealkylation sites (tertiary alicyclic amines) is 1. The summed E-state index contributed by atoms with van der Waals surface area (Å²) in [5.41, 5.74) is 4.69. The van der Waals surface area contributed by atoms with E-state index in [0.717, 1.165) is 0 Å². The number of benzene rings is 1. The van der Waals surface area contributed by atoms with Gasteiger partial charge in [0.1, 0.15) is 11.5 Å². The molecule has 1 fully saturated rings. The Bertz CT molecular complexity index is 905. The fourth-order valence-corrected chi connectivity index (χ4v) is 3.61. The third kappa shape index (κ3) is 5.51. The molecule has 2 unspecified atom stereocenters. The average Bonchev–Trinajstić information content (AvgIpc) is 3.32. The normalized spacial score (nSPS) is 17.1. The second kappa shape index (κ2) is 9.32. The van der Waals surface area contributed by atoms with Gasteiger partial charge in [-0.1, -0.05) is 11.6 Å². The Morgan fingerprint density at radius 2 is 2.17 bits per heavy atom. The van der Waals surface area contributed by atoms with Crippen molar-refractivity contribution < 1.29 is 23.5 Å². The molecule has 2 atom stereocenters. The summed E-state index contributed by atoms with van der Waals surface area (Å²) in [6, 6.07) is 8.42. The summed E-state index contributed by atoms with van der Waals surface area (Å²) >= 11 is 9.19. The van der Waals surface area contributed by atoms with Gasteiger partial charge >= 0.3 is 0 Å². The average molecular weight is 485 g/mol. The highest BCUT2D eigenvalue weighted by atomic mass is 79.9. The van der Waals surface area contributed by atoms with E-state index in [1.165, 1.54) is 6.26 Å². The number of rotatable bonds is 6. The van der Waals surface area contributed by atoms with Crippen molar-refractivity contribution in [1.29, 1.82) is 0 Å². The van der Waals surface area contributed by atoms with Crippen LogP contribution in [0.3, 0.4) is 0 Å². The molecule has 2 N–H and O–H groups in total. The summed E-state index contributed by atoms with van der Waals surface area (Å²) < 4.78 is 11.4. The summed E-state index contributed by atoms with van der Waals surface area (Å²) in [5, 5.41) is 0.529. The van der Waals surface area contributed by atoms with Crippen LogP contribution in [0.15, 0.2) is 45.5 Å². The molecule has 0 spiro atoms. The van der Waals surface area contributed by atoms with Gasteiger partial charge in [-0.15, -0.1) is 0 Å². The van der Waals surface area contributed by atoms with Crippen molar-refractivity contribution in [2.24, 2.45) is 5.92 Å². The first-order chi connectivity index (χ1) is 13.8. The molecular formula is C19H19BrClN3O5. The lowest BCUT2D eigenvalue weighted by Crippen LogP contribution is -2.49. The van der Waals surface area contributed by atoms with Crippen molar-refractivity contribution in [3.05, 3.63) is 51.9 Å². The fraction of sp³-hybridized carbons (Fsp3) is 0.316. The Hall–Kier alpha value is -2.52. The lowest BCUT2D eigenvalue weighted by Gasteiger charge is -2.17. The van der Waals surface area contributed by atoms with E-state index in [-0.39, 0.29) is 18.9 Å². The zero-order chi connectivity index (χ0) is 21.0. The third-order valence-corrected chi connectivity index (χ3v) is 5.24. The molecular weight excluding hydrogens is 466 g/mol. The fourth-order valence-electron chi connectivity index (χ4n) is 2.83. The second-order valence-electron chi connectivity index (χ2n) is 6.57. The number of amides is 3. The third-order valence-electron chi connectivity index (χ3n) is 4.39. The molecule has 154 valence electrons. The summed E-state index contributed by atoms with van der Waals surface area (Å²) in [6.45, 7) is 2.11. The molecule has 3 amide bonds. The molecule has 0 saturated carbocycles. The predicted molar refractivity (Wildman–Crippen MR) is 108 cm³/mol. The van der Waals surface area contributed by atoms with Crippen molar-refractivity contribution in [3.8, 4) is 5.75 Å². The summed E-state index contributed by atoms with van der Waals surface area (Å²) in [4.78, 5) is 38.2. The standard InChI is InChI=1S/C19H19BrClN3O5/c1-11(29-16-5-4-13(21)8-15(16)20)18(26)22-23-19(27)12-7-17(25)24(9-12)10-14-3-2-6-28-14/h2-6,8,11-12H,7,9-10H2,1H3,(H,22,26)(H,23,27). The number of hydrazine groups is 1. The van der Waals surface area contributed by atoms with Crippen LogP contribution in [0.4, 0.5) is 0 Å². The number of nitrogens with zero attached hydrogens (tertiary/aromatic N) is 1. The van der Waals surface area contributed by atoms with E-state index in [1.54, 1.807) is 42.2 Å². The Balaban J connectivity index is 1.47. The lowest BCUT2D eigenvalue weighted by atomic mass is 10.1.